The van der Waals surface area contributed by atoms with Gasteiger partial charge in [-0.25, -0.2) is 0 Å². The van der Waals surface area contributed by atoms with Crippen LogP contribution in [0.1, 0.15) is 5.56 Å². The summed E-state index contributed by atoms with van der Waals surface area (Å²) in [6.45, 7) is 0. The molecule has 0 aliphatic rings. The molecule has 0 saturated carbocycles. The summed E-state index contributed by atoms with van der Waals surface area (Å²) in [6, 6.07) is 5.37. The van der Waals surface area contributed by atoms with Crippen molar-refractivity contribution in [3.05, 3.63) is 48.5 Å². The maximum absolute atomic E-state index is 12.0. The maximum atomic E-state index is 12.0. The molecule has 5 heteroatoms. The number of rotatable bonds is 3. The average Bonchev–Trinajstić information content (AvgIpc) is 2.31. The molecule has 0 spiro atoms. The van der Waals surface area contributed by atoms with E-state index in [4.69, 9.17) is 5.73 Å². The normalized spacial score (nSPS) is 12.2. The molecule has 4 nitrogen and oxygen atoms in total. The summed E-state index contributed by atoms with van der Waals surface area (Å²) >= 11 is 0. The van der Waals surface area contributed by atoms with Crippen LogP contribution in [0, 0.1) is 0 Å². The van der Waals surface area contributed by atoms with Gasteiger partial charge in [0.2, 0.25) is 0 Å². The van der Waals surface area contributed by atoms with Crippen LogP contribution in [0.25, 0.3) is 0 Å². The predicted molar refractivity (Wildman–Crippen MR) is 63.0 cm³/mol. The van der Waals surface area contributed by atoms with Crippen molar-refractivity contribution in [2.75, 3.05) is 5.73 Å². The van der Waals surface area contributed by atoms with Crippen LogP contribution in [0.3, 0.4) is 0 Å². The van der Waals surface area contributed by atoms with Crippen LogP contribution in [-0.4, -0.2) is 14.2 Å². The molecule has 0 aliphatic heterocycles. The van der Waals surface area contributed by atoms with Crippen LogP contribution in [0.15, 0.2) is 47.9 Å². The van der Waals surface area contributed by atoms with Crippen LogP contribution in [0.2, 0.25) is 0 Å². The largest absolute Gasteiger partial charge is 0.396 e. The number of hydrogen-bond donors (Lipinski definition) is 1. The minimum Gasteiger partial charge on any atom is -0.396 e. The molecule has 0 fully saturated rings. The standard InChI is InChI=1S/C11H11N3OS/c12-10-7-14-6-3-11(10)16(15)8-9-1-4-13-5-2-9/h1-7H,8,12H2. The third-order valence-electron chi connectivity index (χ3n) is 2.10. The Hall–Kier alpha value is -1.75. The number of pyridine rings is 2. The molecule has 16 heavy (non-hydrogen) atoms. The number of hydrogen-bond acceptors (Lipinski definition) is 4. The lowest BCUT2D eigenvalue weighted by atomic mass is 10.3. The van der Waals surface area contributed by atoms with Crippen LogP contribution in [0.5, 0.6) is 0 Å². The van der Waals surface area contributed by atoms with Gasteiger partial charge in [0.15, 0.2) is 0 Å². The minimum atomic E-state index is -1.14. The van der Waals surface area contributed by atoms with Gasteiger partial charge in [0.25, 0.3) is 0 Å². The summed E-state index contributed by atoms with van der Waals surface area (Å²) < 4.78 is 12.0. The first-order valence-electron chi connectivity index (χ1n) is 4.74. The first-order valence-corrected chi connectivity index (χ1v) is 6.06. The Bertz CT molecular complexity index is 502. The third kappa shape index (κ3) is 2.43. The van der Waals surface area contributed by atoms with Crippen molar-refractivity contribution in [3.8, 4) is 0 Å². The first-order chi connectivity index (χ1) is 7.77. The Morgan fingerprint density at radius 2 is 1.81 bits per heavy atom. The van der Waals surface area contributed by atoms with Crippen LogP contribution < -0.4 is 5.73 Å². The van der Waals surface area contributed by atoms with Gasteiger partial charge in [-0.3, -0.25) is 14.2 Å². The fourth-order valence-electron chi connectivity index (χ4n) is 1.31. The molecule has 2 heterocycles. The highest BCUT2D eigenvalue weighted by molar-refractivity contribution is 7.84. The third-order valence-corrected chi connectivity index (χ3v) is 3.56. The molecule has 1 atom stereocenters. The molecule has 0 aliphatic carbocycles. The van der Waals surface area contributed by atoms with E-state index in [1.165, 1.54) is 6.20 Å². The van der Waals surface area contributed by atoms with Crippen molar-refractivity contribution in [2.24, 2.45) is 0 Å². The second-order valence-electron chi connectivity index (χ2n) is 3.26. The first kappa shape index (κ1) is 10.8. The average molecular weight is 233 g/mol. The second-order valence-corrected chi connectivity index (χ2v) is 4.68. The van der Waals surface area contributed by atoms with E-state index in [9.17, 15) is 4.21 Å². The van der Waals surface area contributed by atoms with E-state index in [1.807, 2.05) is 12.1 Å². The Kier molecular flexibility index (Phi) is 3.26. The fraction of sp³-hybridized carbons (Fsp3) is 0.0909. The Morgan fingerprint density at radius 1 is 1.12 bits per heavy atom. The van der Waals surface area contributed by atoms with Crippen molar-refractivity contribution in [1.29, 1.82) is 0 Å². The molecule has 0 bridgehead atoms. The summed E-state index contributed by atoms with van der Waals surface area (Å²) in [5.74, 6) is 0.441. The van der Waals surface area contributed by atoms with Gasteiger partial charge in [-0.1, -0.05) is 0 Å². The minimum absolute atomic E-state index is 0.441. The smallest absolute Gasteiger partial charge is 0.0664 e. The number of nitrogens with two attached hydrogens (primary N) is 1. The van der Waals surface area contributed by atoms with Crippen molar-refractivity contribution in [3.63, 3.8) is 0 Å². The molecular formula is C11H11N3OS. The van der Waals surface area contributed by atoms with E-state index in [0.717, 1.165) is 5.56 Å². The summed E-state index contributed by atoms with van der Waals surface area (Å²) in [4.78, 5) is 8.41. The number of anilines is 1. The molecule has 2 aromatic heterocycles. The molecule has 2 N–H and O–H groups in total. The predicted octanol–water partition coefficient (Wildman–Crippen LogP) is 1.37. The van der Waals surface area contributed by atoms with Crippen molar-refractivity contribution < 1.29 is 4.21 Å². The van der Waals surface area contributed by atoms with Crippen LogP contribution in [0.4, 0.5) is 5.69 Å². The maximum Gasteiger partial charge on any atom is 0.0664 e. The number of aromatic nitrogens is 2. The van der Waals surface area contributed by atoms with Gasteiger partial charge in [-0.2, -0.15) is 0 Å². The fourth-order valence-corrected chi connectivity index (χ4v) is 2.49. The van der Waals surface area contributed by atoms with Crippen LogP contribution in [-0.2, 0) is 16.6 Å². The second kappa shape index (κ2) is 4.85. The van der Waals surface area contributed by atoms with E-state index < -0.39 is 10.8 Å². The van der Waals surface area contributed by atoms with E-state index in [2.05, 4.69) is 9.97 Å². The van der Waals surface area contributed by atoms with Gasteiger partial charge in [0.05, 0.1) is 33.3 Å². The highest BCUT2D eigenvalue weighted by Gasteiger charge is 2.08. The molecule has 0 saturated heterocycles. The summed E-state index contributed by atoms with van der Waals surface area (Å²) in [7, 11) is -1.14. The van der Waals surface area contributed by atoms with Gasteiger partial charge in [-0.15, -0.1) is 0 Å². The van der Waals surface area contributed by atoms with E-state index >= 15 is 0 Å². The summed E-state index contributed by atoms with van der Waals surface area (Å²) in [6.07, 6.45) is 6.47. The number of nitrogen functional groups attached to an aromatic ring is 1. The summed E-state index contributed by atoms with van der Waals surface area (Å²) in [5, 5.41) is 0. The molecular weight excluding hydrogens is 222 g/mol. The molecule has 2 rings (SSSR count). The Morgan fingerprint density at radius 3 is 2.50 bits per heavy atom. The molecule has 1 unspecified atom stereocenters. The van der Waals surface area contributed by atoms with Gasteiger partial charge >= 0.3 is 0 Å². The molecule has 0 aromatic carbocycles. The van der Waals surface area contributed by atoms with Gasteiger partial charge in [0, 0.05) is 18.6 Å². The van der Waals surface area contributed by atoms with Gasteiger partial charge < -0.3 is 5.73 Å². The summed E-state index contributed by atoms with van der Waals surface area (Å²) in [5.41, 5.74) is 7.15. The molecule has 82 valence electrons. The van der Waals surface area contributed by atoms with E-state index in [1.54, 1.807) is 24.7 Å². The van der Waals surface area contributed by atoms with Crippen molar-refractivity contribution in [1.82, 2.24) is 9.97 Å². The van der Waals surface area contributed by atoms with E-state index in [0.29, 0.717) is 16.3 Å². The monoisotopic (exact) mass is 233 g/mol. The van der Waals surface area contributed by atoms with Crippen LogP contribution >= 0.6 is 0 Å². The zero-order chi connectivity index (χ0) is 11.4. The van der Waals surface area contributed by atoms with Crippen molar-refractivity contribution >= 4 is 16.5 Å². The lowest BCUT2D eigenvalue weighted by Gasteiger charge is -2.04. The topological polar surface area (TPSA) is 68.9 Å². The lowest BCUT2D eigenvalue weighted by Crippen LogP contribution is -2.01. The molecule has 0 amide bonds. The van der Waals surface area contributed by atoms with E-state index in [-0.39, 0.29) is 0 Å². The zero-order valence-electron chi connectivity index (χ0n) is 8.54. The SMILES string of the molecule is Nc1cnccc1S(=O)Cc1ccncc1. The highest BCUT2D eigenvalue weighted by atomic mass is 32.2. The quantitative estimate of drug-likeness (QED) is 0.869. The van der Waals surface area contributed by atoms with Gasteiger partial charge in [-0.05, 0) is 23.8 Å². The highest BCUT2D eigenvalue weighted by Crippen LogP contribution is 2.17. The molecule has 0 radical (unpaired) electrons. The Balaban J connectivity index is 2.19. The number of nitrogens with zero attached hydrogens (tertiary/aromatic N) is 2. The Labute approximate surface area is 96.0 Å². The van der Waals surface area contributed by atoms with Crippen molar-refractivity contribution in [2.45, 2.75) is 10.6 Å². The van der Waals surface area contributed by atoms with Gasteiger partial charge in [0.1, 0.15) is 0 Å². The zero-order valence-corrected chi connectivity index (χ0v) is 9.35. The molecule has 2 aromatic rings. The lowest BCUT2D eigenvalue weighted by molar-refractivity contribution is 0.683.